The van der Waals surface area contributed by atoms with E-state index in [1.165, 1.54) is 4.90 Å². The van der Waals surface area contributed by atoms with E-state index in [0.29, 0.717) is 16.2 Å². The Bertz CT molecular complexity index is 1290. The van der Waals surface area contributed by atoms with Crippen LogP contribution in [0, 0.1) is 5.92 Å². The quantitative estimate of drug-likeness (QED) is 0.358. The Morgan fingerprint density at radius 3 is 2.28 bits per heavy atom. The van der Waals surface area contributed by atoms with Crippen LogP contribution in [0.15, 0.2) is 18.2 Å². The lowest BCUT2D eigenvalue weighted by Gasteiger charge is -2.38. The Balaban J connectivity index is 1.62. The number of nitrogens with zero attached hydrogens (tertiary/aromatic N) is 4. The van der Waals surface area contributed by atoms with E-state index >= 15 is 0 Å². The van der Waals surface area contributed by atoms with Crippen LogP contribution in [0.5, 0.6) is 0 Å². The van der Waals surface area contributed by atoms with Crippen molar-refractivity contribution in [3.63, 3.8) is 0 Å². The minimum Gasteiger partial charge on any atom is -0.434 e. The number of cyclic esters (lactones) is 2. The molecule has 192 valence electrons. The molecule has 2 aliphatic heterocycles. The summed E-state index contributed by atoms with van der Waals surface area (Å²) in [7, 11) is 0. The molecule has 4 heterocycles. The Kier molecular flexibility index (Phi) is 5.88. The van der Waals surface area contributed by atoms with Crippen molar-refractivity contribution in [2.45, 2.75) is 31.2 Å². The summed E-state index contributed by atoms with van der Waals surface area (Å²) in [5, 5.41) is 1.26. The molecule has 1 fully saturated rings. The van der Waals surface area contributed by atoms with Gasteiger partial charge >= 0.3 is 18.5 Å². The van der Waals surface area contributed by atoms with Gasteiger partial charge in [0.05, 0.1) is 6.04 Å². The van der Waals surface area contributed by atoms with Gasteiger partial charge in [-0.05, 0) is 36.6 Å². The SMILES string of the molecule is O=C1OCC(C[C@H]2c3[nH]c4ccc(Cl)cc4c3CCN2c2nc(C(F)(F)F)nc(C(F)(F)F)n2)CO1. The van der Waals surface area contributed by atoms with Gasteiger partial charge in [-0.3, -0.25) is 0 Å². The number of H-pyrrole nitrogens is 1. The molecular weight excluding hydrogens is 520 g/mol. The zero-order valence-corrected chi connectivity index (χ0v) is 18.8. The fourth-order valence-corrected chi connectivity index (χ4v) is 4.66. The van der Waals surface area contributed by atoms with Gasteiger partial charge in [0.25, 0.3) is 0 Å². The second-order valence-corrected chi connectivity index (χ2v) is 8.85. The van der Waals surface area contributed by atoms with Crippen LogP contribution < -0.4 is 4.90 Å². The van der Waals surface area contributed by atoms with Crippen molar-refractivity contribution in [2.75, 3.05) is 24.7 Å². The number of fused-ring (bicyclic) bond motifs is 3. The molecule has 8 nitrogen and oxygen atoms in total. The number of halogens is 7. The summed E-state index contributed by atoms with van der Waals surface area (Å²) in [6.45, 7) is -0.0319. The molecule has 5 rings (SSSR count). The molecule has 1 atom stereocenters. The molecule has 0 radical (unpaired) electrons. The van der Waals surface area contributed by atoms with E-state index in [-0.39, 0.29) is 38.5 Å². The standard InChI is InChI=1S/C21H16ClF6N5O3/c22-10-1-2-13-12(6-10)11-3-4-33(14(15(11)29-13)5-9-7-35-19(34)36-8-9)18-31-16(20(23,24)25)30-17(32-18)21(26,27)28/h1-2,6,9,14,29H,3-5,7-8H2/t14-/m0/s1. The van der Waals surface area contributed by atoms with Crippen LogP contribution >= 0.6 is 11.6 Å². The number of benzene rings is 1. The van der Waals surface area contributed by atoms with Crippen LogP contribution in [-0.4, -0.2) is 45.8 Å². The van der Waals surface area contributed by atoms with Crippen molar-refractivity contribution >= 4 is 34.6 Å². The van der Waals surface area contributed by atoms with Crippen molar-refractivity contribution in [2.24, 2.45) is 5.92 Å². The van der Waals surface area contributed by atoms with Gasteiger partial charge < -0.3 is 19.4 Å². The highest BCUT2D eigenvalue weighted by Gasteiger charge is 2.43. The summed E-state index contributed by atoms with van der Waals surface area (Å²) in [6, 6.07) is 4.34. The first-order chi connectivity index (χ1) is 16.9. The van der Waals surface area contributed by atoms with Gasteiger partial charge in [-0.25, -0.2) is 9.78 Å². The van der Waals surface area contributed by atoms with Gasteiger partial charge in [0.2, 0.25) is 17.6 Å². The highest BCUT2D eigenvalue weighted by atomic mass is 35.5. The molecular formula is C21H16ClF6N5O3. The van der Waals surface area contributed by atoms with Crippen LogP contribution in [0.4, 0.5) is 37.1 Å². The first-order valence-electron chi connectivity index (χ1n) is 10.7. The third-order valence-electron chi connectivity index (χ3n) is 6.03. The largest absolute Gasteiger partial charge is 0.508 e. The second kappa shape index (κ2) is 8.68. The fraction of sp³-hybridized carbons (Fsp3) is 0.429. The van der Waals surface area contributed by atoms with Gasteiger partial charge in [0.15, 0.2) is 0 Å². The monoisotopic (exact) mass is 535 g/mol. The van der Waals surface area contributed by atoms with E-state index in [2.05, 4.69) is 19.9 Å². The average Bonchev–Trinajstić information content (AvgIpc) is 3.17. The van der Waals surface area contributed by atoms with E-state index in [1.807, 2.05) is 0 Å². The summed E-state index contributed by atoms with van der Waals surface area (Å²) in [6.07, 6.45) is -10.9. The lowest BCUT2D eigenvalue weighted by molar-refractivity contribution is -0.155. The lowest BCUT2D eigenvalue weighted by atomic mass is 9.90. The summed E-state index contributed by atoms with van der Waals surface area (Å²) in [5.41, 5.74) is 2.09. The van der Waals surface area contributed by atoms with Crippen LogP contribution in [0.25, 0.3) is 10.9 Å². The van der Waals surface area contributed by atoms with Crippen LogP contribution in [-0.2, 0) is 28.2 Å². The molecule has 1 saturated heterocycles. The highest BCUT2D eigenvalue weighted by molar-refractivity contribution is 6.31. The molecule has 0 unspecified atom stereocenters. The van der Waals surface area contributed by atoms with E-state index in [4.69, 9.17) is 21.1 Å². The molecule has 36 heavy (non-hydrogen) atoms. The smallest absolute Gasteiger partial charge is 0.434 e. The molecule has 0 spiro atoms. The van der Waals surface area contributed by atoms with Crippen LogP contribution in [0.3, 0.4) is 0 Å². The van der Waals surface area contributed by atoms with E-state index < -0.39 is 42.1 Å². The maximum Gasteiger partial charge on any atom is 0.508 e. The van der Waals surface area contributed by atoms with E-state index in [1.54, 1.807) is 18.2 Å². The number of aromatic amines is 1. The number of hydrogen-bond donors (Lipinski definition) is 1. The van der Waals surface area contributed by atoms with Crippen molar-refractivity contribution in [1.29, 1.82) is 0 Å². The number of hydrogen-bond acceptors (Lipinski definition) is 7. The Morgan fingerprint density at radius 2 is 1.67 bits per heavy atom. The second-order valence-electron chi connectivity index (χ2n) is 8.42. The molecule has 0 bridgehead atoms. The molecule has 2 aliphatic rings. The van der Waals surface area contributed by atoms with Crippen LogP contribution in [0.1, 0.15) is 35.4 Å². The normalized spacial score (nSPS) is 19.2. The Hall–Kier alpha value is -3.29. The zero-order valence-electron chi connectivity index (χ0n) is 18.1. The molecule has 0 aliphatic carbocycles. The third-order valence-corrected chi connectivity index (χ3v) is 6.27. The van der Waals surface area contributed by atoms with Crippen molar-refractivity contribution in [1.82, 2.24) is 19.9 Å². The van der Waals surface area contributed by atoms with Gasteiger partial charge in [-0.2, -0.15) is 36.3 Å². The van der Waals surface area contributed by atoms with Crippen molar-refractivity contribution < 1.29 is 40.6 Å². The van der Waals surface area contributed by atoms with Gasteiger partial charge in [0, 0.05) is 34.1 Å². The van der Waals surface area contributed by atoms with Crippen molar-refractivity contribution in [3.05, 3.63) is 46.1 Å². The number of carbonyl (C=O) groups is 1. The molecule has 15 heteroatoms. The van der Waals surface area contributed by atoms with E-state index in [9.17, 15) is 31.1 Å². The minimum absolute atomic E-state index is 0.0170. The number of anilines is 1. The highest BCUT2D eigenvalue weighted by Crippen LogP contribution is 2.41. The Labute approximate surface area is 203 Å². The first-order valence-corrected chi connectivity index (χ1v) is 11.0. The molecule has 0 saturated carbocycles. The maximum atomic E-state index is 13.4. The molecule has 1 aromatic carbocycles. The average molecular weight is 536 g/mol. The number of ether oxygens (including phenoxy) is 2. The Morgan fingerprint density at radius 1 is 1.03 bits per heavy atom. The topological polar surface area (TPSA) is 93.2 Å². The van der Waals surface area contributed by atoms with Gasteiger partial charge in [-0.15, -0.1) is 0 Å². The summed E-state index contributed by atoms with van der Waals surface area (Å²) >= 11 is 6.14. The van der Waals surface area contributed by atoms with Gasteiger partial charge in [0.1, 0.15) is 13.2 Å². The van der Waals surface area contributed by atoms with Crippen molar-refractivity contribution in [3.8, 4) is 0 Å². The number of aromatic nitrogens is 4. The predicted molar refractivity (Wildman–Crippen MR) is 112 cm³/mol. The summed E-state index contributed by atoms with van der Waals surface area (Å²) < 4.78 is 90.3. The third kappa shape index (κ3) is 4.61. The molecule has 1 N–H and O–H groups in total. The number of carbonyl (C=O) groups excluding carboxylic acids is 1. The van der Waals surface area contributed by atoms with Crippen LogP contribution in [0.2, 0.25) is 5.02 Å². The van der Waals surface area contributed by atoms with E-state index in [0.717, 1.165) is 10.9 Å². The molecule has 2 aromatic heterocycles. The molecule has 0 amide bonds. The minimum atomic E-state index is -5.22. The zero-order chi connectivity index (χ0) is 25.8. The maximum absolute atomic E-state index is 13.4. The summed E-state index contributed by atoms with van der Waals surface area (Å²) in [4.78, 5) is 25.1. The first kappa shape index (κ1) is 24.4. The fourth-order valence-electron chi connectivity index (χ4n) is 4.48. The lowest BCUT2D eigenvalue weighted by Crippen LogP contribution is -2.40. The number of rotatable bonds is 3. The van der Waals surface area contributed by atoms with Gasteiger partial charge in [-0.1, -0.05) is 11.6 Å². The molecule has 3 aromatic rings. The predicted octanol–water partition coefficient (Wildman–Crippen LogP) is 5.32. The number of nitrogens with one attached hydrogen (secondary N) is 1. The summed E-state index contributed by atoms with van der Waals surface area (Å²) in [5.74, 6) is -5.03. The number of alkyl halides is 6.